The van der Waals surface area contributed by atoms with Crippen LogP contribution in [0.5, 0.6) is 0 Å². The maximum Gasteiger partial charge on any atom is 0.227 e. The molecule has 0 bridgehead atoms. The molecule has 1 aliphatic heterocycles. The van der Waals surface area contributed by atoms with Gasteiger partial charge in [-0.2, -0.15) is 0 Å². The van der Waals surface area contributed by atoms with Crippen LogP contribution in [0.3, 0.4) is 0 Å². The number of likely N-dealkylation sites (tertiary alicyclic amines) is 1. The molecule has 98 valence electrons. The van der Waals surface area contributed by atoms with Gasteiger partial charge in [-0.3, -0.25) is 4.79 Å². The third kappa shape index (κ3) is 3.24. The molecule has 4 heteroatoms. The minimum Gasteiger partial charge on any atom is -0.394 e. The minimum atomic E-state index is -0.00134. The number of aliphatic hydroxyl groups excluding tert-OH is 1. The van der Waals surface area contributed by atoms with E-state index in [2.05, 4.69) is 0 Å². The van der Waals surface area contributed by atoms with Crippen molar-refractivity contribution >= 4 is 17.5 Å². The van der Waals surface area contributed by atoms with E-state index in [0.29, 0.717) is 11.4 Å². The zero-order chi connectivity index (χ0) is 13.0. The first-order valence-corrected chi connectivity index (χ1v) is 6.73. The highest BCUT2D eigenvalue weighted by Crippen LogP contribution is 2.18. The third-order valence-electron chi connectivity index (χ3n) is 3.43. The Morgan fingerprint density at radius 2 is 2.06 bits per heavy atom. The number of hydrogen-bond donors (Lipinski definition) is 1. The molecule has 0 radical (unpaired) electrons. The SMILES string of the molecule is O=C(Cc1ccc(Cl)cc1)N1CCCCC1CO. The summed E-state index contributed by atoms with van der Waals surface area (Å²) in [4.78, 5) is 14.0. The summed E-state index contributed by atoms with van der Waals surface area (Å²) < 4.78 is 0. The van der Waals surface area contributed by atoms with Crippen LogP contribution in [0.15, 0.2) is 24.3 Å². The predicted octanol–water partition coefficient (Wildman–Crippen LogP) is 2.26. The minimum absolute atomic E-state index is 0.00134. The molecule has 0 spiro atoms. The fourth-order valence-electron chi connectivity index (χ4n) is 2.40. The largest absolute Gasteiger partial charge is 0.394 e. The molecular weight excluding hydrogens is 250 g/mol. The van der Waals surface area contributed by atoms with Crippen LogP contribution in [0.1, 0.15) is 24.8 Å². The van der Waals surface area contributed by atoms with Crippen molar-refractivity contribution in [3.8, 4) is 0 Å². The van der Waals surface area contributed by atoms with E-state index in [9.17, 15) is 9.90 Å². The smallest absolute Gasteiger partial charge is 0.227 e. The summed E-state index contributed by atoms with van der Waals surface area (Å²) in [5.74, 6) is 0.0936. The van der Waals surface area contributed by atoms with E-state index in [1.807, 2.05) is 17.0 Å². The Hall–Kier alpha value is -1.06. The molecule has 18 heavy (non-hydrogen) atoms. The van der Waals surface area contributed by atoms with E-state index in [1.165, 1.54) is 0 Å². The number of hydrogen-bond acceptors (Lipinski definition) is 2. The molecule has 1 aliphatic rings. The summed E-state index contributed by atoms with van der Waals surface area (Å²) in [7, 11) is 0. The Bertz CT molecular complexity index is 405. The molecule has 1 atom stereocenters. The summed E-state index contributed by atoms with van der Waals surface area (Å²) in [6.07, 6.45) is 3.41. The zero-order valence-corrected chi connectivity index (χ0v) is 11.1. The van der Waals surface area contributed by atoms with Crippen LogP contribution in [-0.2, 0) is 11.2 Å². The van der Waals surface area contributed by atoms with Crippen molar-refractivity contribution < 1.29 is 9.90 Å². The Morgan fingerprint density at radius 1 is 1.33 bits per heavy atom. The molecule has 0 aromatic heterocycles. The third-order valence-corrected chi connectivity index (χ3v) is 3.68. The van der Waals surface area contributed by atoms with Gasteiger partial charge in [-0.25, -0.2) is 0 Å². The molecule has 1 N–H and O–H groups in total. The molecule has 1 saturated heterocycles. The number of nitrogens with zero attached hydrogens (tertiary/aromatic N) is 1. The van der Waals surface area contributed by atoms with E-state index >= 15 is 0 Å². The summed E-state index contributed by atoms with van der Waals surface area (Å²) >= 11 is 5.81. The lowest BCUT2D eigenvalue weighted by Crippen LogP contribution is -2.46. The van der Waals surface area contributed by atoms with Gasteiger partial charge in [-0.05, 0) is 37.0 Å². The number of benzene rings is 1. The van der Waals surface area contributed by atoms with Gasteiger partial charge in [-0.1, -0.05) is 23.7 Å². The van der Waals surface area contributed by atoms with E-state index in [0.717, 1.165) is 31.4 Å². The van der Waals surface area contributed by atoms with Gasteiger partial charge in [0.1, 0.15) is 0 Å². The van der Waals surface area contributed by atoms with Crippen molar-refractivity contribution in [1.82, 2.24) is 4.90 Å². The quantitative estimate of drug-likeness (QED) is 0.913. The van der Waals surface area contributed by atoms with Gasteiger partial charge in [0.15, 0.2) is 0 Å². The normalized spacial score (nSPS) is 19.9. The van der Waals surface area contributed by atoms with E-state index < -0.39 is 0 Å². The summed E-state index contributed by atoms with van der Waals surface area (Å²) in [5, 5.41) is 9.98. The highest BCUT2D eigenvalue weighted by atomic mass is 35.5. The van der Waals surface area contributed by atoms with Gasteiger partial charge in [0.2, 0.25) is 5.91 Å². The van der Waals surface area contributed by atoms with Crippen molar-refractivity contribution in [1.29, 1.82) is 0 Å². The summed E-state index contributed by atoms with van der Waals surface area (Å²) in [5.41, 5.74) is 0.965. The second kappa shape index (κ2) is 6.21. The lowest BCUT2D eigenvalue weighted by Gasteiger charge is -2.34. The standard InChI is InChI=1S/C14H18ClNO2/c15-12-6-4-11(5-7-12)9-14(18)16-8-2-1-3-13(16)10-17/h4-7,13,17H,1-3,8-10H2. The Kier molecular flexibility index (Phi) is 4.61. The topological polar surface area (TPSA) is 40.5 Å². The number of amides is 1. The lowest BCUT2D eigenvalue weighted by molar-refractivity contribution is -0.135. The number of carbonyl (C=O) groups is 1. The van der Waals surface area contributed by atoms with Crippen LogP contribution in [0, 0.1) is 0 Å². The van der Waals surface area contributed by atoms with Crippen LogP contribution in [0.4, 0.5) is 0 Å². The van der Waals surface area contributed by atoms with Gasteiger partial charge in [0.05, 0.1) is 19.1 Å². The first-order chi connectivity index (χ1) is 8.70. The van der Waals surface area contributed by atoms with Gasteiger partial charge in [0.25, 0.3) is 0 Å². The monoisotopic (exact) mass is 267 g/mol. The maximum atomic E-state index is 12.2. The second-order valence-corrected chi connectivity index (χ2v) is 5.16. The lowest BCUT2D eigenvalue weighted by atomic mass is 10.0. The molecule has 2 rings (SSSR count). The molecule has 0 saturated carbocycles. The van der Waals surface area contributed by atoms with Gasteiger partial charge in [-0.15, -0.1) is 0 Å². The van der Waals surface area contributed by atoms with Gasteiger partial charge < -0.3 is 10.0 Å². The second-order valence-electron chi connectivity index (χ2n) is 4.72. The van der Waals surface area contributed by atoms with Crippen molar-refractivity contribution in [3.05, 3.63) is 34.9 Å². The van der Waals surface area contributed by atoms with Crippen molar-refractivity contribution in [2.24, 2.45) is 0 Å². The Balaban J connectivity index is 2.00. The van der Waals surface area contributed by atoms with Crippen molar-refractivity contribution in [3.63, 3.8) is 0 Å². The van der Waals surface area contributed by atoms with Crippen molar-refractivity contribution in [2.45, 2.75) is 31.7 Å². The van der Waals surface area contributed by atoms with Crippen LogP contribution < -0.4 is 0 Å². The Labute approximate surface area is 112 Å². The molecular formula is C14H18ClNO2. The van der Waals surface area contributed by atoms with Crippen LogP contribution in [0.2, 0.25) is 5.02 Å². The molecule has 1 unspecified atom stereocenters. The van der Waals surface area contributed by atoms with E-state index in [1.54, 1.807) is 12.1 Å². The van der Waals surface area contributed by atoms with Crippen LogP contribution in [0.25, 0.3) is 0 Å². The first kappa shape index (κ1) is 13.4. The fourth-order valence-corrected chi connectivity index (χ4v) is 2.52. The fraction of sp³-hybridized carbons (Fsp3) is 0.500. The first-order valence-electron chi connectivity index (χ1n) is 6.35. The number of aliphatic hydroxyl groups is 1. The molecule has 3 nitrogen and oxygen atoms in total. The molecule has 1 amide bonds. The van der Waals surface area contributed by atoms with Gasteiger partial charge >= 0.3 is 0 Å². The molecule has 1 heterocycles. The average molecular weight is 268 g/mol. The highest BCUT2D eigenvalue weighted by molar-refractivity contribution is 6.30. The van der Waals surface area contributed by atoms with E-state index in [4.69, 9.17) is 11.6 Å². The number of carbonyl (C=O) groups excluding carboxylic acids is 1. The van der Waals surface area contributed by atoms with Crippen molar-refractivity contribution in [2.75, 3.05) is 13.2 Å². The van der Waals surface area contributed by atoms with Crippen LogP contribution in [-0.4, -0.2) is 35.1 Å². The predicted molar refractivity (Wildman–Crippen MR) is 71.6 cm³/mol. The Morgan fingerprint density at radius 3 is 2.72 bits per heavy atom. The summed E-state index contributed by atoms with van der Waals surface area (Å²) in [6.45, 7) is 0.823. The van der Waals surface area contributed by atoms with Crippen LogP contribution >= 0.6 is 11.6 Å². The number of piperidine rings is 1. The number of rotatable bonds is 3. The van der Waals surface area contributed by atoms with Gasteiger partial charge in [0, 0.05) is 11.6 Å². The molecule has 1 fully saturated rings. The summed E-state index contributed by atoms with van der Waals surface area (Å²) in [6, 6.07) is 7.34. The highest BCUT2D eigenvalue weighted by Gasteiger charge is 2.25. The average Bonchev–Trinajstić information content (AvgIpc) is 2.41. The zero-order valence-electron chi connectivity index (χ0n) is 10.3. The number of halogens is 1. The molecule has 0 aliphatic carbocycles. The van der Waals surface area contributed by atoms with E-state index in [-0.39, 0.29) is 18.6 Å². The molecule has 1 aromatic rings. The maximum absolute atomic E-state index is 12.2. The molecule has 1 aromatic carbocycles.